The number of rotatable bonds is 5. The molecular formula is C19H16Cl2N4O. The summed E-state index contributed by atoms with van der Waals surface area (Å²) in [5, 5.41) is 11.9. The molecular weight excluding hydrogens is 371 g/mol. The van der Waals surface area contributed by atoms with Gasteiger partial charge >= 0.3 is 0 Å². The largest absolute Gasteiger partial charge is 0.322 e. The minimum atomic E-state index is -0.282. The number of anilines is 1. The summed E-state index contributed by atoms with van der Waals surface area (Å²) in [7, 11) is 0. The zero-order valence-corrected chi connectivity index (χ0v) is 15.5. The lowest BCUT2D eigenvalue weighted by molar-refractivity contribution is -0.111. The van der Waals surface area contributed by atoms with Crippen LogP contribution in [0, 0.1) is 0 Å². The van der Waals surface area contributed by atoms with E-state index in [9.17, 15) is 4.79 Å². The maximum atomic E-state index is 12.2. The van der Waals surface area contributed by atoms with E-state index in [1.807, 2.05) is 35.8 Å². The highest BCUT2D eigenvalue weighted by Gasteiger charge is 2.08. The summed E-state index contributed by atoms with van der Waals surface area (Å²) in [6.07, 6.45) is 4.67. The van der Waals surface area contributed by atoms with Crippen molar-refractivity contribution in [3.63, 3.8) is 0 Å². The van der Waals surface area contributed by atoms with Gasteiger partial charge in [-0.3, -0.25) is 4.79 Å². The van der Waals surface area contributed by atoms with Crippen LogP contribution < -0.4 is 5.32 Å². The van der Waals surface area contributed by atoms with Crippen LogP contribution in [-0.2, 0) is 11.3 Å². The molecule has 26 heavy (non-hydrogen) atoms. The molecule has 1 aromatic heterocycles. The number of benzene rings is 2. The second-order valence-corrected chi connectivity index (χ2v) is 6.29. The summed E-state index contributed by atoms with van der Waals surface area (Å²) in [5.74, 6) is 0.470. The maximum absolute atomic E-state index is 12.2. The number of carbonyl (C=O) groups excluding carboxylic acids is 1. The number of halogens is 2. The van der Waals surface area contributed by atoms with Gasteiger partial charge in [-0.15, -0.1) is 10.2 Å². The average molecular weight is 387 g/mol. The number of nitrogens with zero attached hydrogens (tertiary/aromatic N) is 3. The summed E-state index contributed by atoms with van der Waals surface area (Å²) in [6.45, 7) is 2.78. The third-order valence-electron chi connectivity index (χ3n) is 3.75. The van der Waals surface area contributed by atoms with Gasteiger partial charge in [0.15, 0.2) is 5.82 Å². The lowest BCUT2D eigenvalue weighted by atomic mass is 10.2. The van der Waals surface area contributed by atoms with Crippen LogP contribution in [0.1, 0.15) is 12.5 Å². The monoisotopic (exact) mass is 386 g/mol. The Morgan fingerprint density at radius 1 is 1.19 bits per heavy atom. The van der Waals surface area contributed by atoms with E-state index in [0.29, 0.717) is 21.3 Å². The van der Waals surface area contributed by atoms with E-state index in [1.165, 1.54) is 6.08 Å². The number of hydrogen-bond acceptors (Lipinski definition) is 3. The number of aromatic nitrogens is 3. The van der Waals surface area contributed by atoms with Crippen molar-refractivity contribution >= 4 is 40.9 Å². The molecule has 0 fully saturated rings. The summed E-state index contributed by atoms with van der Waals surface area (Å²) >= 11 is 12.2. The van der Waals surface area contributed by atoms with Crippen LogP contribution in [0.5, 0.6) is 0 Å². The molecule has 0 saturated carbocycles. The molecule has 0 bridgehead atoms. The van der Waals surface area contributed by atoms with Crippen molar-refractivity contribution in [1.29, 1.82) is 0 Å². The zero-order valence-electron chi connectivity index (χ0n) is 14.0. The van der Waals surface area contributed by atoms with Crippen LogP contribution in [0.3, 0.4) is 0 Å². The molecule has 7 heteroatoms. The Morgan fingerprint density at radius 2 is 1.92 bits per heavy atom. The molecule has 0 unspecified atom stereocenters. The first kappa shape index (κ1) is 18.2. The molecule has 3 aromatic rings. The Morgan fingerprint density at radius 3 is 2.65 bits per heavy atom. The minimum Gasteiger partial charge on any atom is -0.322 e. The summed E-state index contributed by atoms with van der Waals surface area (Å²) in [4.78, 5) is 12.2. The Balaban J connectivity index is 1.76. The number of hydrogen-bond donors (Lipinski definition) is 1. The van der Waals surface area contributed by atoms with Crippen molar-refractivity contribution in [2.45, 2.75) is 13.5 Å². The van der Waals surface area contributed by atoms with Crippen molar-refractivity contribution in [3.8, 4) is 11.4 Å². The molecule has 0 aliphatic heterocycles. The number of amides is 1. The van der Waals surface area contributed by atoms with Gasteiger partial charge in [0, 0.05) is 39.5 Å². The van der Waals surface area contributed by atoms with Crippen LogP contribution in [-0.4, -0.2) is 20.7 Å². The van der Waals surface area contributed by atoms with Crippen LogP contribution in [0.25, 0.3) is 17.5 Å². The van der Waals surface area contributed by atoms with Crippen LogP contribution in [0.2, 0.25) is 10.0 Å². The third-order valence-corrected chi connectivity index (χ3v) is 4.40. The van der Waals surface area contributed by atoms with E-state index < -0.39 is 0 Å². The molecule has 1 N–H and O–H groups in total. The quantitative estimate of drug-likeness (QED) is 0.632. The molecule has 2 aromatic carbocycles. The highest BCUT2D eigenvalue weighted by Crippen LogP contribution is 2.25. The SMILES string of the molecule is CCn1cnnc1-c1cccc(NC(=O)/C=C/c2c(Cl)cccc2Cl)c1. The number of carbonyl (C=O) groups is 1. The van der Waals surface area contributed by atoms with E-state index in [0.717, 1.165) is 17.9 Å². The maximum Gasteiger partial charge on any atom is 0.248 e. The predicted octanol–water partition coefficient (Wildman–Crippen LogP) is 4.92. The second kappa shape index (κ2) is 8.17. The normalized spacial score (nSPS) is 11.0. The second-order valence-electron chi connectivity index (χ2n) is 5.48. The lowest BCUT2D eigenvalue weighted by Crippen LogP contribution is -2.08. The molecule has 1 heterocycles. The fraction of sp³-hybridized carbons (Fsp3) is 0.105. The molecule has 0 aliphatic carbocycles. The zero-order chi connectivity index (χ0) is 18.5. The van der Waals surface area contributed by atoms with Gasteiger partial charge in [-0.05, 0) is 37.3 Å². The van der Waals surface area contributed by atoms with Gasteiger partial charge in [0.25, 0.3) is 0 Å². The topological polar surface area (TPSA) is 59.8 Å². The summed E-state index contributed by atoms with van der Waals surface area (Å²) < 4.78 is 1.93. The Kier molecular flexibility index (Phi) is 5.71. The molecule has 132 valence electrons. The van der Waals surface area contributed by atoms with E-state index in [1.54, 1.807) is 30.6 Å². The van der Waals surface area contributed by atoms with E-state index in [2.05, 4.69) is 15.5 Å². The van der Waals surface area contributed by atoms with Crippen molar-refractivity contribution in [3.05, 3.63) is 70.5 Å². The van der Waals surface area contributed by atoms with Crippen molar-refractivity contribution in [1.82, 2.24) is 14.8 Å². The Bertz CT molecular complexity index is 945. The predicted molar refractivity (Wildman–Crippen MR) is 105 cm³/mol. The fourth-order valence-corrected chi connectivity index (χ4v) is 2.98. The van der Waals surface area contributed by atoms with Crippen molar-refractivity contribution in [2.75, 3.05) is 5.32 Å². The van der Waals surface area contributed by atoms with Crippen LogP contribution in [0.4, 0.5) is 5.69 Å². The smallest absolute Gasteiger partial charge is 0.248 e. The molecule has 0 spiro atoms. The summed E-state index contributed by atoms with van der Waals surface area (Å²) in [5.41, 5.74) is 2.14. The lowest BCUT2D eigenvalue weighted by Gasteiger charge is -2.07. The molecule has 5 nitrogen and oxygen atoms in total. The van der Waals surface area contributed by atoms with Crippen LogP contribution >= 0.6 is 23.2 Å². The fourth-order valence-electron chi connectivity index (χ4n) is 2.46. The first-order chi connectivity index (χ1) is 12.6. The molecule has 3 rings (SSSR count). The average Bonchev–Trinajstić information content (AvgIpc) is 3.10. The molecule has 1 amide bonds. The highest BCUT2D eigenvalue weighted by molar-refractivity contribution is 6.37. The van der Waals surface area contributed by atoms with Gasteiger partial charge in [-0.25, -0.2) is 0 Å². The van der Waals surface area contributed by atoms with Gasteiger partial charge in [-0.2, -0.15) is 0 Å². The van der Waals surface area contributed by atoms with Crippen LogP contribution in [0.15, 0.2) is 54.9 Å². The molecule has 0 aliphatic rings. The molecule has 0 saturated heterocycles. The Labute approximate surface area is 161 Å². The van der Waals surface area contributed by atoms with Gasteiger partial charge < -0.3 is 9.88 Å². The first-order valence-corrected chi connectivity index (χ1v) is 8.75. The number of aryl methyl sites for hydroxylation is 1. The number of nitrogens with one attached hydrogen (secondary N) is 1. The van der Waals surface area contributed by atoms with Gasteiger partial charge in [0.05, 0.1) is 0 Å². The van der Waals surface area contributed by atoms with E-state index in [-0.39, 0.29) is 5.91 Å². The van der Waals surface area contributed by atoms with Crippen molar-refractivity contribution < 1.29 is 4.79 Å². The minimum absolute atomic E-state index is 0.282. The standard InChI is InChI=1S/C19H16Cl2N4O/c1-2-25-12-22-24-19(25)13-5-3-6-14(11-13)23-18(26)10-9-15-16(20)7-4-8-17(15)21/h3-12H,2H2,1H3,(H,23,26)/b10-9+. The van der Waals surface area contributed by atoms with Gasteiger partial charge in [0.1, 0.15) is 6.33 Å². The van der Waals surface area contributed by atoms with Gasteiger partial charge in [0.2, 0.25) is 5.91 Å². The summed E-state index contributed by atoms with van der Waals surface area (Å²) in [6, 6.07) is 12.6. The third kappa shape index (κ3) is 4.12. The highest BCUT2D eigenvalue weighted by atomic mass is 35.5. The molecule has 0 atom stereocenters. The van der Waals surface area contributed by atoms with Gasteiger partial charge in [-0.1, -0.05) is 41.4 Å². The first-order valence-electron chi connectivity index (χ1n) is 8.00. The Hall–Kier alpha value is -2.63. The molecule has 0 radical (unpaired) electrons. The van der Waals surface area contributed by atoms with E-state index in [4.69, 9.17) is 23.2 Å². The van der Waals surface area contributed by atoms with Crippen molar-refractivity contribution in [2.24, 2.45) is 0 Å². The van der Waals surface area contributed by atoms with E-state index >= 15 is 0 Å².